The zero-order chi connectivity index (χ0) is 13.8. The van der Waals surface area contributed by atoms with Crippen LogP contribution in [0.3, 0.4) is 0 Å². The molecule has 1 aliphatic heterocycles. The first-order valence-electron chi connectivity index (χ1n) is 7.13. The average molecular weight is 256 g/mol. The summed E-state index contributed by atoms with van der Waals surface area (Å²) in [4.78, 5) is 14.1. The van der Waals surface area contributed by atoms with Gasteiger partial charge in [0.2, 0.25) is 5.91 Å². The number of hydrogen-bond acceptors (Lipinski definition) is 3. The van der Waals surface area contributed by atoms with Crippen LogP contribution in [0.15, 0.2) is 0 Å². The molecule has 1 rings (SSSR count). The Morgan fingerprint density at radius 3 is 2.78 bits per heavy atom. The molecule has 2 unspecified atom stereocenters. The van der Waals surface area contributed by atoms with Crippen LogP contribution in [0.2, 0.25) is 0 Å². The Balaban J connectivity index is 2.58. The number of piperidine rings is 1. The van der Waals surface area contributed by atoms with Crippen molar-refractivity contribution in [1.82, 2.24) is 10.2 Å². The van der Waals surface area contributed by atoms with Crippen LogP contribution in [0.5, 0.6) is 0 Å². The minimum atomic E-state index is -0.760. The number of aliphatic hydroxyl groups is 1. The van der Waals surface area contributed by atoms with E-state index in [9.17, 15) is 9.90 Å². The predicted octanol–water partition coefficient (Wildman–Crippen LogP) is 1.53. The second-order valence-electron chi connectivity index (χ2n) is 6.02. The van der Waals surface area contributed by atoms with Gasteiger partial charge in [-0.15, -0.1) is 0 Å². The highest BCUT2D eigenvalue weighted by atomic mass is 16.3. The summed E-state index contributed by atoms with van der Waals surface area (Å²) in [5, 5.41) is 13.5. The lowest BCUT2D eigenvalue weighted by molar-refractivity contribution is -0.140. The maximum absolute atomic E-state index is 12.3. The topological polar surface area (TPSA) is 52.6 Å². The summed E-state index contributed by atoms with van der Waals surface area (Å²) in [5.74, 6) is 0.145. The first-order valence-corrected chi connectivity index (χ1v) is 7.13. The maximum Gasteiger partial charge on any atom is 0.239 e. The summed E-state index contributed by atoms with van der Waals surface area (Å²) in [7, 11) is 0. The lowest BCUT2D eigenvalue weighted by atomic mass is 9.97. The molecule has 0 bridgehead atoms. The molecule has 2 N–H and O–H groups in total. The third-order valence-electron chi connectivity index (χ3n) is 3.39. The minimum absolute atomic E-state index is 0.0730. The van der Waals surface area contributed by atoms with E-state index in [-0.39, 0.29) is 11.9 Å². The van der Waals surface area contributed by atoms with Gasteiger partial charge in [-0.05, 0) is 26.2 Å². The minimum Gasteiger partial charge on any atom is -0.388 e. The van der Waals surface area contributed by atoms with Crippen molar-refractivity contribution < 1.29 is 9.90 Å². The number of likely N-dealkylation sites (tertiary alicyclic amines) is 1. The van der Waals surface area contributed by atoms with Crippen molar-refractivity contribution >= 4 is 5.91 Å². The third kappa shape index (κ3) is 4.58. The van der Waals surface area contributed by atoms with Gasteiger partial charge < -0.3 is 15.3 Å². The van der Waals surface area contributed by atoms with Crippen molar-refractivity contribution in [3.8, 4) is 0 Å². The number of nitrogens with one attached hydrogen (secondary N) is 1. The molecule has 18 heavy (non-hydrogen) atoms. The van der Waals surface area contributed by atoms with Gasteiger partial charge in [0.15, 0.2) is 0 Å². The molecule has 1 saturated heterocycles. The summed E-state index contributed by atoms with van der Waals surface area (Å²) in [6, 6.07) is 0.242. The molecule has 0 aromatic rings. The molecule has 106 valence electrons. The summed E-state index contributed by atoms with van der Waals surface area (Å²) >= 11 is 0. The SMILES string of the molecule is CCCC(C)(O)CN1CCCC(NC(C)C)C1=O. The molecule has 0 saturated carbocycles. The Morgan fingerprint density at radius 2 is 2.22 bits per heavy atom. The maximum atomic E-state index is 12.3. The monoisotopic (exact) mass is 256 g/mol. The van der Waals surface area contributed by atoms with E-state index in [1.807, 2.05) is 11.8 Å². The second kappa shape index (κ2) is 6.53. The number of rotatable bonds is 6. The number of amides is 1. The van der Waals surface area contributed by atoms with Crippen molar-refractivity contribution in [2.24, 2.45) is 0 Å². The van der Waals surface area contributed by atoms with Gasteiger partial charge in [-0.25, -0.2) is 0 Å². The van der Waals surface area contributed by atoms with Crippen LogP contribution in [0.25, 0.3) is 0 Å². The van der Waals surface area contributed by atoms with Crippen LogP contribution in [0.1, 0.15) is 53.4 Å². The molecule has 1 aliphatic rings. The predicted molar refractivity (Wildman–Crippen MR) is 73.4 cm³/mol. The van der Waals surface area contributed by atoms with Gasteiger partial charge in [0.25, 0.3) is 0 Å². The molecule has 0 aromatic carbocycles. The fraction of sp³-hybridized carbons (Fsp3) is 0.929. The summed E-state index contributed by atoms with van der Waals surface area (Å²) < 4.78 is 0. The van der Waals surface area contributed by atoms with Crippen molar-refractivity contribution in [1.29, 1.82) is 0 Å². The lowest BCUT2D eigenvalue weighted by Gasteiger charge is -2.37. The summed E-state index contributed by atoms with van der Waals surface area (Å²) in [6.07, 6.45) is 3.59. The van der Waals surface area contributed by atoms with E-state index < -0.39 is 5.60 Å². The average Bonchev–Trinajstić information content (AvgIpc) is 2.23. The number of carbonyl (C=O) groups excluding carboxylic acids is 1. The van der Waals surface area contributed by atoms with Gasteiger partial charge in [0, 0.05) is 19.1 Å². The molecule has 0 spiro atoms. The second-order valence-corrected chi connectivity index (χ2v) is 6.02. The van der Waals surface area contributed by atoms with Gasteiger partial charge in [0.05, 0.1) is 11.6 Å². The molecule has 0 radical (unpaired) electrons. The van der Waals surface area contributed by atoms with E-state index >= 15 is 0 Å². The van der Waals surface area contributed by atoms with Crippen LogP contribution < -0.4 is 5.32 Å². The van der Waals surface area contributed by atoms with E-state index in [4.69, 9.17) is 0 Å². The zero-order valence-corrected chi connectivity index (χ0v) is 12.2. The highest BCUT2D eigenvalue weighted by Gasteiger charge is 2.33. The molecular formula is C14H28N2O2. The fourth-order valence-electron chi connectivity index (χ4n) is 2.68. The standard InChI is InChI=1S/C14H28N2O2/c1-5-8-14(4,18)10-16-9-6-7-12(13(16)17)15-11(2)3/h11-12,15,18H,5-10H2,1-4H3. The molecule has 4 nitrogen and oxygen atoms in total. The Labute approximate surface area is 111 Å². The Hall–Kier alpha value is -0.610. The Morgan fingerprint density at radius 1 is 1.56 bits per heavy atom. The lowest BCUT2D eigenvalue weighted by Crippen LogP contribution is -2.55. The normalized spacial score (nSPS) is 24.4. The van der Waals surface area contributed by atoms with Gasteiger partial charge >= 0.3 is 0 Å². The van der Waals surface area contributed by atoms with Crippen molar-refractivity contribution in [2.45, 2.75) is 71.1 Å². The molecule has 1 heterocycles. The molecule has 2 atom stereocenters. The fourth-order valence-corrected chi connectivity index (χ4v) is 2.68. The van der Waals surface area contributed by atoms with E-state index in [1.54, 1.807) is 0 Å². The molecule has 0 aromatic heterocycles. The van der Waals surface area contributed by atoms with E-state index in [0.29, 0.717) is 12.6 Å². The largest absolute Gasteiger partial charge is 0.388 e. The summed E-state index contributed by atoms with van der Waals surface area (Å²) in [6.45, 7) is 9.21. The van der Waals surface area contributed by atoms with Crippen LogP contribution in [-0.4, -0.2) is 46.7 Å². The van der Waals surface area contributed by atoms with Crippen LogP contribution in [0, 0.1) is 0 Å². The molecule has 0 aliphatic carbocycles. The first kappa shape index (κ1) is 15.4. The molecule has 1 amide bonds. The Kier molecular flexibility index (Phi) is 5.60. The number of carbonyl (C=O) groups is 1. The van der Waals surface area contributed by atoms with Gasteiger partial charge in [-0.3, -0.25) is 4.79 Å². The van der Waals surface area contributed by atoms with Crippen LogP contribution >= 0.6 is 0 Å². The quantitative estimate of drug-likeness (QED) is 0.758. The smallest absolute Gasteiger partial charge is 0.239 e. The van der Waals surface area contributed by atoms with Crippen LogP contribution in [-0.2, 0) is 4.79 Å². The highest BCUT2D eigenvalue weighted by molar-refractivity contribution is 5.82. The third-order valence-corrected chi connectivity index (χ3v) is 3.39. The highest BCUT2D eigenvalue weighted by Crippen LogP contribution is 2.19. The van der Waals surface area contributed by atoms with Gasteiger partial charge in [-0.1, -0.05) is 27.2 Å². The number of hydrogen-bond donors (Lipinski definition) is 2. The van der Waals surface area contributed by atoms with Crippen molar-refractivity contribution in [3.63, 3.8) is 0 Å². The van der Waals surface area contributed by atoms with E-state index in [1.165, 1.54) is 0 Å². The number of nitrogens with zero attached hydrogens (tertiary/aromatic N) is 1. The number of β-amino-alcohol motifs (C(OH)–C–C–N with tert-alkyl or cyclic N) is 1. The first-order chi connectivity index (χ1) is 8.35. The molecule has 1 fully saturated rings. The van der Waals surface area contributed by atoms with Gasteiger partial charge in [0.1, 0.15) is 0 Å². The van der Waals surface area contributed by atoms with E-state index in [2.05, 4.69) is 26.1 Å². The zero-order valence-electron chi connectivity index (χ0n) is 12.2. The van der Waals surface area contributed by atoms with Gasteiger partial charge in [-0.2, -0.15) is 0 Å². The summed E-state index contributed by atoms with van der Waals surface area (Å²) in [5.41, 5.74) is -0.760. The van der Waals surface area contributed by atoms with Crippen LogP contribution in [0.4, 0.5) is 0 Å². The van der Waals surface area contributed by atoms with E-state index in [0.717, 1.165) is 32.2 Å². The molecular weight excluding hydrogens is 228 g/mol. The van der Waals surface area contributed by atoms with Crippen molar-refractivity contribution in [3.05, 3.63) is 0 Å². The van der Waals surface area contributed by atoms with Crippen molar-refractivity contribution in [2.75, 3.05) is 13.1 Å². The Bertz CT molecular complexity index is 277. The molecule has 4 heteroatoms.